The SMILES string of the molecule is C=C(C)OCC1=CC=C(C)CC=C1.CC. The van der Waals surface area contributed by atoms with Gasteiger partial charge in [-0.3, -0.25) is 0 Å². The van der Waals surface area contributed by atoms with Gasteiger partial charge in [-0.2, -0.15) is 0 Å². The van der Waals surface area contributed by atoms with Crippen molar-refractivity contribution >= 4 is 0 Å². The van der Waals surface area contributed by atoms with Crippen molar-refractivity contribution in [2.75, 3.05) is 6.61 Å². The first-order chi connectivity index (χ1) is 7.18. The van der Waals surface area contributed by atoms with Gasteiger partial charge in [-0.15, -0.1) is 0 Å². The van der Waals surface area contributed by atoms with Gasteiger partial charge in [0.1, 0.15) is 6.61 Å². The molecular formula is C14H22O. The molecule has 0 heterocycles. The fourth-order valence-electron chi connectivity index (χ4n) is 1.07. The number of allylic oxidation sites excluding steroid dienone is 5. The number of ether oxygens (including phenoxy) is 1. The van der Waals surface area contributed by atoms with Crippen LogP contribution in [0.25, 0.3) is 0 Å². The van der Waals surface area contributed by atoms with Crippen molar-refractivity contribution < 1.29 is 4.74 Å². The van der Waals surface area contributed by atoms with Crippen LogP contribution in [0.4, 0.5) is 0 Å². The Bertz CT molecular complexity index is 280. The summed E-state index contributed by atoms with van der Waals surface area (Å²) in [5.74, 6) is 0.763. The second-order valence-electron chi connectivity index (χ2n) is 3.35. The number of hydrogen-bond donors (Lipinski definition) is 0. The lowest BCUT2D eigenvalue weighted by atomic mass is 10.2. The van der Waals surface area contributed by atoms with Crippen LogP contribution in [0.15, 0.2) is 47.8 Å². The minimum Gasteiger partial charge on any atom is -0.494 e. The van der Waals surface area contributed by atoms with E-state index in [1.165, 1.54) is 11.1 Å². The molecule has 0 aromatic carbocycles. The zero-order valence-electron chi connectivity index (χ0n) is 10.3. The van der Waals surface area contributed by atoms with Crippen molar-refractivity contribution in [2.24, 2.45) is 0 Å². The molecule has 84 valence electrons. The Hall–Kier alpha value is -1.24. The monoisotopic (exact) mass is 206 g/mol. The molecule has 0 aromatic heterocycles. The predicted octanol–water partition coefficient (Wildman–Crippen LogP) is 4.40. The van der Waals surface area contributed by atoms with E-state index < -0.39 is 0 Å². The summed E-state index contributed by atoms with van der Waals surface area (Å²) in [5, 5.41) is 0. The van der Waals surface area contributed by atoms with Crippen molar-refractivity contribution in [3.63, 3.8) is 0 Å². The molecule has 1 heteroatoms. The molecule has 15 heavy (non-hydrogen) atoms. The van der Waals surface area contributed by atoms with E-state index in [9.17, 15) is 0 Å². The van der Waals surface area contributed by atoms with Crippen molar-refractivity contribution in [1.29, 1.82) is 0 Å². The highest BCUT2D eigenvalue weighted by Crippen LogP contribution is 2.11. The van der Waals surface area contributed by atoms with Gasteiger partial charge in [-0.25, -0.2) is 0 Å². The molecule has 0 N–H and O–H groups in total. The molecule has 0 unspecified atom stereocenters. The number of hydrogen-bond acceptors (Lipinski definition) is 1. The summed E-state index contributed by atoms with van der Waals surface area (Å²) in [5.41, 5.74) is 2.57. The first-order valence-electron chi connectivity index (χ1n) is 5.49. The normalized spacial score (nSPS) is 14.1. The largest absolute Gasteiger partial charge is 0.494 e. The maximum Gasteiger partial charge on any atom is 0.113 e. The van der Waals surface area contributed by atoms with E-state index in [4.69, 9.17) is 4.74 Å². The van der Waals surface area contributed by atoms with E-state index in [0.29, 0.717) is 6.61 Å². The highest BCUT2D eigenvalue weighted by molar-refractivity contribution is 5.30. The smallest absolute Gasteiger partial charge is 0.113 e. The van der Waals surface area contributed by atoms with Crippen molar-refractivity contribution in [3.05, 3.63) is 47.8 Å². The van der Waals surface area contributed by atoms with Gasteiger partial charge < -0.3 is 4.74 Å². The second kappa shape index (κ2) is 8.10. The van der Waals surface area contributed by atoms with Crippen LogP contribution in [-0.4, -0.2) is 6.61 Å². The van der Waals surface area contributed by atoms with E-state index in [-0.39, 0.29) is 0 Å². The summed E-state index contributed by atoms with van der Waals surface area (Å²) in [6.45, 7) is 12.3. The van der Waals surface area contributed by atoms with E-state index in [1.807, 2.05) is 20.8 Å². The zero-order valence-corrected chi connectivity index (χ0v) is 10.3. The predicted molar refractivity (Wildman–Crippen MR) is 67.7 cm³/mol. The van der Waals surface area contributed by atoms with E-state index in [1.54, 1.807) is 0 Å². The molecule has 1 aliphatic carbocycles. The molecule has 0 saturated carbocycles. The molecule has 1 nitrogen and oxygen atoms in total. The van der Waals surface area contributed by atoms with Crippen LogP contribution in [0.2, 0.25) is 0 Å². The van der Waals surface area contributed by atoms with Gasteiger partial charge in [0.25, 0.3) is 0 Å². The van der Waals surface area contributed by atoms with Gasteiger partial charge in [0, 0.05) is 0 Å². The Morgan fingerprint density at radius 2 is 2.07 bits per heavy atom. The van der Waals surface area contributed by atoms with Gasteiger partial charge >= 0.3 is 0 Å². The molecule has 0 spiro atoms. The van der Waals surface area contributed by atoms with Crippen LogP contribution in [0, 0.1) is 0 Å². The van der Waals surface area contributed by atoms with E-state index >= 15 is 0 Å². The zero-order chi connectivity index (χ0) is 11.7. The lowest BCUT2D eigenvalue weighted by Crippen LogP contribution is -1.93. The molecule has 0 aromatic rings. The van der Waals surface area contributed by atoms with Gasteiger partial charge in [-0.1, -0.05) is 50.3 Å². The van der Waals surface area contributed by atoms with Crippen LogP contribution < -0.4 is 0 Å². The van der Waals surface area contributed by atoms with Crippen molar-refractivity contribution in [3.8, 4) is 0 Å². The van der Waals surface area contributed by atoms with Gasteiger partial charge in [0.2, 0.25) is 0 Å². The van der Waals surface area contributed by atoms with Crippen molar-refractivity contribution in [2.45, 2.75) is 34.1 Å². The summed E-state index contributed by atoms with van der Waals surface area (Å²) in [7, 11) is 0. The second-order valence-corrected chi connectivity index (χ2v) is 3.35. The Kier molecular flexibility index (Phi) is 7.43. The lowest BCUT2D eigenvalue weighted by molar-refractivity contribution is 0.246. The molecule has 1 rings (SSSR count). The van der Waals surface area contributed by atoms with Gasteiger partial charge in [-0.05, 0) is 25.8 Å². The highest BCUT2D eigenvalue weighted by Gasteiger charge is 1.96. The summed E-state index contributed by atoms with van der Waals surface area (Å²) in [6.07, 6.45) is 9.54. The molecule has 1 aliphatic rings. The topological polar surface area (TPSA) is 9.23 Å². The van der Waals surface area contributed by atoms with Gasteiger partial charge in [0.15, 0.2) is 0 Å². The first kappa shape index (κ1) is 13.8. The Labute approximate surface area is 93.8 Å². The molecule has 0 fully saturated rings. The molecule has 0 aliphatic heterocycles. The van der Waals surface area contributed by atoms with Crippen LogP contribution in [0.5, 0.6) is 0 Å². The fourth-order valence-corrected chi connectivity index (χ4v) is 1.07. The summed E-state index contributed by atoms with van der Waals surface area (Å²) >= 11 is 0. The standard InChI is InChI=1S/C12H16O.C2H6/c1-10(2)13-9-12-6-4-5-11(3)7-8-12;1-2/h4,6-8H,1,5,9H2,2-3H3;1-2H3. The quantitative estimate of drug-likeness (QED) is 0.622. The van der Waals surface area contributed by atoms with Crippen LogP contribution >= 0.6 is 0 Å². The average molecular weight is 206 g/mol. The molecule has 0 amide bonds. The first-order valence-corrected chi connectivity index (χ1v) is 5.49. The minimum absolute atomic E-state index is 0.621. The third-order valence-electron chi connectivity index (χ3n) is 1.84. The van der Waals surface area contributed by atoms with E-state index in [2.05, 4.69) is 37.8 Å². The maximum atomic E-state index is 5.33. The van der Waals surface area contributed by atoms with Crippen LogP contribution in [0.3, 0.4) is 0 Å². The van der Waals surface area contributed by atoms with Gasteiger partial charge in [0.05, 0.1) is 5.76 Å². The average Bonchev–Trinajstić information content (AvgIpc) is 2.43. The maximum absolute atomic E-state index is 5.33. The molecule has 0 saturated heterocycles. The number of rotatable bonds is 3. The Morgan fingerprint density at radius 3 is 2.67 bits per heavy atom. The van der Waals surface area contributed by atoms with Crippen molar-refractivity contribution in [1.82, 2.24) is 0 Å². The summed E-state index contributed by atoms with van der Waals surface area (Å²) in [6, 6.07) is 0. The Balaban J connectivity index is 0.000000921. The lowest BCUT2D eigenvalue weighted by Gasteiger charge is -2.04. The molecule has 0 bridgehead atoms. The molecular weight excluding hydrogens is 184 g/mol. The van der Waals surface area contributed by atoms with Crippen LogP contribution in [-0.2, 0) is 4.74 Å². The Morgan fingerprint density at radius 1 is 1.40 bits per heavy atom. The molecule has 0 radical (unpaired) electrons. The summed E-state index contributed by atoms with van der Waals surface area (Å²) in [4.78, 5) is 0. The molecule has 0 atom stereocenters. The highest BCUT2D eigenvalue weighted by atomic mass is 16.5. The van der Waals surface area contributed by atoms with E-state index in [0.717, 1.165) is 12.2 Å². The van der Waals surface area contributed by atoms with Crippen LogP contribution in [0.1, 0.15) is 34.1 Å². The third kappa shape index (κ3) is 6.78. The third-order valence-corrected chi connectivity index (χ3v) is 1.84. The minimum atomic E-state index is 0.621. The fraction of sp³-hybridized carbons (Fsp3) is 0.429. The summed E-state index contributed by atoms with van der Waals surface area (Å²) < 4.78 is 5.33.